The van der Waals surface area contributed by atoms with Gasteiger partial charge in [0.05, 0.1) is 0 Å². The van der Waals surface area contributed by atoms with Crippen molar-refractivity contribution in [3.8, 4) is 23.0 Å². The molecule has 0 aromatic heterocycles. The highest BCUT2D eigenvalue weighted by Gasteiger charge is 2.68. The maximum atomic E-state index is 13.1. The van der Waals surface area contributed by atoms with Crippen LogP contribution in [-0.2, 0) is 65.2 Å². The highest BCUT2D eigenvalue weighted by Crippen LogP contribution is 2.66. The largest absolute Gasteiger partial charge is 0.504 e. The fourth-order valence-corrected chi connectivity index (χ4v) is 15.9. The number of nitrogens with one attached hydrogen (secondary N) is 2. The molecule has 346 valence electrons. The number of esters is 2. The Morgan fingerprint density at radius 3 is 1.53 bits per heavy atom. The van der Waals surface area contributed by atoms with Crippen LogP contribution in [0, 0.1) is 11.8 Å². The monoisotopic (exact) mass is 918 g/mol. The number of amides is 2. The number of phenolic OH excluding ortho intramolecular Hbond substituents is 2. The van der Waals surface area contributed by atoms with Crippen molar-refractivity contribution in [2.75, 3.05) is 51.8 Å². The Balaban J connectivity index is 0.679. The van der Waals surface area contributed by atoms with Crippen LogP contribution in [-0.4, -0.2) is 132 Å². The van der Waals surface area contributed by atoms with E-state index in [2.05, 4.69) is 34.5 Å². The summed E-state index contributed by atoms with van der Waals surface area (Å²) in [6, 6.07) is 4.22. The van der Waals surface area contributed by atoms with E-state index in [9.17, 15) is 29.4 Å². The summed E-state index contributed by atoms with van der Waals surface area (Å²) >= 11 is 0. The lowest BCUT2D eigenvalue weighted by molar-refractivity contribution is -0.164. The van der Waals surface area contributed by atoms with Gasteiger partial charge >= 0.3 is 11.9 Å². The van der Waals surface area contributed by atoms with E-state index in [1.165, 1.54) is 25.0 Å². The molecule has 14 nitrogen and oxygen atoms in total. The number of piperidine rings is 2. The van der Waals surface area contributed by atoms with Crippen molar-refractivity contribution in [2.45, 2.75) is 138 Å². The lowest BCUT2D eigenvalue weighted by atomic mass is 9.51. The standard InChI is InChI=1S/C48H62N4O10S2/c1-25(53)59-37-9-7-31-33-23-29-27(21-35(55)43-41(29)47(31,45(37)61-43)13-17-51(33)3)5-11-39(57)49-15-19-63-64-20-16-50-40(58)12-6-28-22-36(56)44-42-30(28)24-34-32-8-10-38(60-26(2)54)46(62-44)48(32,42)14-18-52(34)4/h21-22,31-34,37-38,45-46,55-56H,5-20,23-24H2,1-4H3,(H,49,57)(H,50,58)/t31?,32?,33-,34+,37+,38-,45+,46-,47+,48-. The number of benzene rings is 2. The number of ether oxygens (including phenoxy) is 4. The number of likely N-dealkylation sites (tertiary alicyclic amines) is 2. The molecule has 4 aliphatic heterocycles. The predicted octanol–water partition coefficient (Wildman–Crippen LogP) is 4.48. The number of nitrogens with zero attached hydrogens (tertiary/aromatic N) is 2. The van der Waals surface area contributed by atoms with Crippen molar-refractivity contribution < 1.29 is 48.3 Å². The number of carbonyl (C=O) groups excluding carboxylic acids is 4. The minimum absolute atomic E-state index is 0.0336. The SMILES string of the molecule is CC(=O)O[C@H]1CCC2[C@H]3Cc4c(CCC(=O)NCCSSCCNC(=O)CCc5cc(O)c6c7c5C[C@H]5C8CC[C@@H](OC(C)=O)[C@@H](O6)[C@@]78CCN5C)cc(O)c5c4[C@@]2(CCN3C)[C@H]1O5. The lowest BCUT2D eigenvalue weighted by Crippen LogP contribution is -2.66. The van der Waals surface area contributed by atoms with Crippen LogP contribution in [0.2, 0.25) is 0 Å². The first-order chi connectivity index (χ1) is 30.8. The summed E-state index contributed by atoms with van der Waals surface area (Å²) in [5, 5.41) is 28.7. The third kappa shape index (κ3) is 7.13. The summed E-state index contributed by atoms with van der Waals surface area (Å²) in [6.45, 7) is 5.77. The zero-order chi connectivity index (χ0) is 44.7. The molecule has 64 heavy (non-hydrogen) atoms. The zero-order valence-electron chi connectivity index (χ0n) is 37.4. The highest BCUT2D eigenvalue weighted by molar-refractivity contribution is 8.76. The molecule has 2 spiro atoms. The molecule has 2 unspecified atom stereocenters. The van der Waals surface area contributed by atoms with E-state index in [0.29, 0.717) is 74.2 Å². The van der Waals surface area contributed by atoms with Gasteiger partial charge in [-0.2, -0.15) is 0 Å². The van der Waals surface area contributed by atoms with Crippen LogP contribution in [0.25, 0.3) is 0 Å². The van der Waals surface area contributed by atoms with Gasteiger partial charge < -0.3 is 49.6 Å². The van der Waals surface area contributed by atoms with Gasteiger partial charge in [0.25, 0.3) is 0 Å². The van der Waals surface area contributed by atoms with E-state index in [1.54, 1.807) is 33.7 Å². The number of likely N-dealkylation sites (N-methyl/N-ethyl adjacent to an activating group) is 2. The van der Waals surface area contributed by atoms with Crippen LogP contribution in [0.3, 0.4) is 0 Å². The highest BCUT2D eigenvalue weighted by atomic mass is 33.1. The first-order valence-corrected chi connectivity index (χ1v) is 25.9. The smallest absolute Gasteiger partial charge is 0.303 e. The van der Waals surface area contributed by atoms with Crippen LogP contribution in [0.1, 0.15) is 98.6 Å². The summed E-state index contributed by atoms with van der Waals surface area (Å²) in [7, 11) is 7.70. The molecular formula is C48H62N4O10S2. The molecule has 2 amide bonds. The van der Waals surface area contributed by atoms with E-state index >= 15 is 0 Å². The third-order valence-electron chi connectivity index (χ3n) is 16.5. The number of phenols is 2. The molecule has 2 aromatic rings. The van der Waals surface area contributed by atoms with Gasteiger partial charge in [0, 0.05) is 85.3 Å². The second kappa shape index (κ2) is 17.1. The van der Waals surface area contributed by atoms with Gasteiger partial charge in [-0.05, 0) is 138 Å². The van der Waals surface area contributed by atoms with E-state index in [0.717, 1.165) is 98.2 Å². The molecule has 10 rings (SSSR count). The molecule has 10 atom stereocenters. The molecule has 16 heteroatoms. The first kappa shape index (κ1) is 44.0. The molecule has 4 aliphatic carbocycles. The lowest BCUT2D eigenvalue weighted by Gasteiger charge is -2.58. The Kier molecular flexibility index (Phi) is 11.8. The van der Waals surface area contributed by atoms with E-state index in [4.69, 9.17) is 18.9 Å². The molecular weight excluding hydrogens is 857 g/mol. The Labute approximate surface area is 383 Å². The molecule has 4 heterocycles. The summed E-state index contributed by atoms with van der Waals surface area (Å²) in [6.07, 6.45) is 7.12. The molecule has 2 saturated carbocycles. The van der Waals surface area contributed by atoms with Crippen molar-refractivity contribution in [2.24, 2.45) is 11.8 Å². The summed E-state index contributed by atoms with van der Waals surface area (Å²) in [5.41, 5.74) is 5.92. The molecule has 4 bridgehead atoms. The van der Waals surface area contributed by atoms with E-state index < -0.39 is 0 Å². The third-order valence-corrected chi connectivity index (χ3v) is 18.9. The Morgan fingerprint density at radius 1 is 0.703 bits per heavy atom. The quantitative estimate of drug-likeness (QED) is 0.112. The van der Waals surface area contributed by atoms with Gasteiger partial charge in [0.15, 0.2) is 23.0 Å². The summed E-state index contributed by atoms with van der Waals surface area (Å²) in [4.78, 5) is 55.2. The van der Waals surface area contributed by atoms with Gasteiger partial charge in [-0.1, -0.05) is 21.6 Å². The normalized spacial score (nSPS) is 32.4. The van der Waals surface area contributed by atoms with Crippen molar-refractivity contribution in [3.05, 3.63) is 45.5 Å². The number of aryl methyl sites for hydroxylation is 2. The number of hydrogen-bond donors (Lipinski definition) is 4. The maximum absolute atomic E-state index is 13.1. The zero-order valence-corrected chi connectivity index (χ0v) is 39.0. The van der Waals surface area contributed by atoms with Gasteiger partial charge in [0.1, 0.15) is 24.4 Å². The Hall–Kier alpha value is -3.86. The van der Waals surface area contributed by atoms with E-state index in [1.807, 2.05) is 0 Å². The summed E-state index contributed by atoms with van der Waals surface area (Å²) in [5.74, 6) is 2.75. The summed E-state index contributed by atoms with van der Waals surface area (Å²) < 4.78 is 24.8. The molecule has 0 radical (unpaired) electrons. The Morgan fingerprint density at radius 2 is 1.12 bits per heavy atom. The maximum Gasteiger partial charge on any atom is 0.303 e. The fourth-order valence-electron chi connectivity index (χ4n) is 14.1. The fraction of sp³-hybridized carbons (Fsp3) is 0.667. The molecule has 2 aromatic carbocycles. The number of rotatable bonds is 15. The van der Waals surface area contributed by atoms with Crippen molar-refractivity contribution >= 4 is 45.3 Å². The van der Waals surface area contributed by atoms with Gasteiger partial charge in [-0.15, -0.1) is 0 Å². The number of aromatic hydroxyl groups is 2. The van der Waals surface area contributed by atoms with Crippen LogP contribution in [0.5, 0.6) is 23.0 Å². The number of carbonyl (C=O) groups is 4. The first-order valence-electron chi connectivity index (χ1n) is 23.4. The number of hydrogen-bond acceptors (Lipinski definition) is 14. The van der Waals surface area contributed by atoms with Crippen LogP contribution >= 0.6 is 21.6 Å². The molecule has 4 fully saturated rings. The van der Waals surface area contributed by atoms with Gasteiger partial charge in [-0.25, -0.2) is 0 Å². The molecule has 4 N–H and O–H groups in total. The van der Waals surface area contributed by atoms with Crippen LogP contribution < -0.4 is 20.1 Å². The average Bonchev–Trinajstić information content (AvgIpc) is 3.80. The minimum atomic E-state index is -0.352. The minimum Gasteiger partial charge on any atom is -0.504 e. The average molecular weight is 919 g/mol. The van der Waals surface area contributed by atoms with Gasteiger partial charge in [0.2, 0.25) is 11.8 Å². The topological polar surface area (TPSA) is 176 Å². The van der Waals surface area contributed by atoms with Crippen LogP contribution in [0.15, 0.2) is 12.1 Å². The van der Waals surface area contributed by atoms with Crippen molar-refractivity contribution in [1.29, 1.82) is 0 Å². The van der Waals surface area contributed by atoms with E-state index in [-0.39, 0.29) is 70.5 Å². The predicted molar refractivity (Wildman–Crippen MR) is 242 cm³/mol. The second-order valence-corrected chi connectivity index (χ2v) is 22.3. The van der Waals surface area contributed by atoms with Gasteiger partial charge in [-0.3, -0.25) is 19.2 Å². The van der Waals surface area contributed by atoms with Crippen LogP contribution in [0.4, 0.5) is 0 Å². The molecule has 2 saturated heterocycles. The van der Waals surface area contributed by atoms with Crippen molar-refractivity contribution in [3.63, 3.8) is 0 Å². The Bertz CT molecular complexity index is 2090. The van der Waals surface area contributed by atoms with Crippen molar-refractivity contribution in [1.82, 2.24) is 20.4 Å². The molecule has 8 aliphatic rings. The second-order valence-electron chi connectivity index (χ2n) is 19.6.